The predicted molar refractivity (Wildman–Crippen MR) is 66.0 cm³/mol. The molecular weight excluding hydrogens is 220 g/mol. The molecule has 17 heavy (non-hydrogen) atoms. The number of nitrogens with zero attached hydrogens (tertiary/aromatic N) is 4. The standard InChI is InChI=1S/C10H18N6O/c1-7(2)12-9-13-8(11)14-10(15-9)16-3-5-17-6-4-16/h7H,3-6H2,1-2H3,(H3,11,12,13,14,15). The third-order valence-corrected chi connectivity index (χ3v) is 2.35. The van der Waals surface area contributed by atoms with Crippen molar-refractivity contribution in [2.75, 3.05) is 42.3 Å². The Labute approximate surface area is 100 Å². The fourth-order valence-electron chi connectivity index (χ4n) is 1.61. The molecule has 0 saturated carbocycles. The summed E-state index contributed by atoms with van der Waals surface area (Å²) in [7, 11) is 0. The molecule has 94 valence electrons. The van der Waals surface area contributed by atoms with Gasteiger partial charge in [0.2, 0.25) is 17.8 Å². The van der Waals surface area contributed by atoms with Gasteiger partial charge in [0, 0.05) is 19.1 Å². The van der Waals surface area contributed by atoms with Crippen molar-refractivity contribution in [3.05, 3.63) is 0 Å². The average Bonchev–Trinajstić information content (AvgIpc) is 2.28. The maximum atomic E-state index is 5.68. The van der Waals surface area contributed by atoms with Crippen LogP contribution in [-0.4, -0.2) is 47.3 Å². The van der Waals surface area contributed by atoms with Crippen molar-refractivity contribution in [3.63, 3.8) is 0 Å². The van der Waals surface area contributed by atoms with Gasteiger partial charge in [0.1, 0.15) is 0 Å². The number of ether oxygens (including phenoxy) is 1. The second-order valence-corrected chi connectivity index (χ2v) is 4.22. The first-order valence-electron chi connectivity index (χ1n) is 5.76. The largest absolute Gasteiger partial charge is 0.378 e. The van der Waals surface area contributed by atoms with Crippen LogP contribution in [0.5, 0.6) is 0 Å². The highest BCUT2D eigenvalue weighted by molar-refractivity contribution is 5.42. The molecule has 1 aromatic rings. The lowest BCUT2D eigenvalue weighted by Gasteiger charge is -2.27. The summed E-state index contributed by atoms with van der Waals surface area (Å²) < 4.78 is 5.29. The minimum Gasteiger partial charge on any atom is -0.378 e. The smallest absolute Gasteiger partial charge is 0.232 e. The van der Waals surface area contributed by atoms with E-state index >= 15 is 0 Å². The number of morpholine rings is 1. The van der Waals surface area contributed by atoms with E-state index in [1.54, 1.807) is 0 Å². The molecule has 1 aliphatic heterocycles. The van der Waals surface area contributed by atoms with Crippen molar-refractivity contribution in [3.8, 4) is 0 Å². The Kier molecular flexibility index (Phi) is 3.58. The highest BCUT2D eigenvalue weighted by Gasteiger charge is 2.15. The third kappa shape index (κ3) is 3.16. The van der Waals surface area contributed by atoms with Gasteiger partial charge in [0.25, 0.3) is 0 Å². The maximum Gasteiger partial charge on any atom is 0.232 e. The van der Waals surface area contributed by atoms with Gasteiger partial charge in [0.15, 0.2) is 0 Å². The number of nitrogens with two attached hydrogens (primary N) is 1. The zero-order valence-electron chi connectivity index (χ0n) is 10.2. The molecule has 2 heterocycles. The Morgan fingerprint density at radius 2 is 1.94 bits per heavy atom. The number of anilines is 3. The first kappa shape index (κ1) is 11.8. The van der Waals surface area contributed by atoms with Gasteiger partial charge in [-0.3, -0.25) is 0 Å². The molecule has 7 nitrogen and oxygen atoms in total. The van der Waals surface area contributed by atoms with E-state index in [1.807, 2.05) is 18.7 Å². The quantitative estimate of drug-likeness (QED) is 0.772. The van der Waals surface area contributed by atoms with Crippen molar-refractivity contribution in [1.82, 2.24) is 15.0 Å². The molecule has 0 bridgehead atoms. The summed E-state index contributed by atoms with van der Waals surface area (Å²) in [6.07, 6.45) is 0. The van der Waals surface area contributed by atoms with Crippen LogP contribution < -0.4 is 16.0 Å². The summed E-state index contributed by atoms with van der Waals surface area (Å²) in [6.45, 7) is 7.00. The molecule has 7 heteroatoms. The summed E-state index contributed by atoms with van der Waals surface area (Å²) in [5.41, 5.74) is 5.68. The summed E-state index contributed by atoms with van der Waals surface area (Å²) in [5.74, 6) is 1.38. The summed E-state index contributed by atoms with van der Waals surface area (Å²) in [5, 5.41) is 3.12. The van der Waals surface area contributed by atoms with E-state index in [-0.39, 0.29) is 12.0 Å². The van der Waals surface area contributed by atoms with E-state index in [0.717, 1.165) is 13.1 Å². The Hall–Kier alpha value is -1.63. The van der Waals surface area contributed by atoms with Gasteiger partial charge < -0.3 is 20.7 Å². The van der Waals surface area contributed by atoms with Gasteiger partial charge in [-0.1, -0.05) is 0 Å². The van der Waals surface area contributed by atoms with Crippen LogP contribution in [0.25, 0.3) is 0 Å². The third-order valence-electron chi connectivity index (χ3n) is 2.35. The van der Waals surface area contributed by atoms with Crippen LogP contribution in [0.3, 0.4) is 0 Å². The van der Waals surface area contributed by atoms with E-state index in [1.165, 1.54) is 0 Å². The monoisotopic (exact) mass is 238 g/mol. The minimum absolute atomic E-state index is 0.240. The van der Waals surface area contributed by atoms with Gasteiger partial charge in [-0.15, -0.1) is 0 Å². The Morgan fingerprint density at radius 1 is 1.24 bits per heavy atom. The Bertz CT molecular complexity index is 377. The van der Waals surface area contributed by atoms with Crippen molar-refractivity contribution >= 4 is 17.8 Å². The van der Waals surface area contributed by atoms with E-state index in [0.29, 0.717) is 25.1 Å². The van der Waals surface area contributed by atoms with Crippen molar-refractivity contribution < 1.29 is 4.74 Å². The molecule has 0 spiro atoms. The van der Waals surface area contributed by atoms with Gasteiger partial charge >= 0.3 is 0 Å². The topological polar surface area (TPSA) is 89.2 Å². The van der Waals surface area contributed by atoms with Gasteiger partial charge in [-0.05, 0) is 13.8 Å². The maximum absolute atomic E-state index is 5.68. The van der Waals surface area contributed by atoms with Crippen LogP contribution in [-0.2, 0) is 4.74 Å². The number of nitrogens with one attached hydrogen (secondary N) is 1. The van der Waals surface area contributed by atoms with Crippen molar-refractivity contribution in [2.45, 2.75) is 19.9 Å². The zero-order chi connectivity index (χ0) is 12.3. The van der Waals surface area contributed by atoms with Gasteiger partial charge in [-0.25, -0.2) is 0 Å². The fraction of sp³-hybridized carbons (Fsp3) is 0.700. The highest BCUT2D eigenvalue weighted by Crippen LogP contribution is 2.13. The molecule has 1 fully saturated rings. The van der Waals surface area contributed by atoms with Crippen molar-refractivity contribution in [1.29, 1.82) is 0 Å². The highest BCUT2D eigenvalue weighted by atomic mass is 16.5. The van der Waals surface area contributed by atoms with Crippen LogP contribution in [0, 0.1) is 0 Å². The number of rotatable bonds is 3. The fourth-order valence-corrected chi connectivity index (χ4v) is 1.61. The van der Waals surface area contributed by atoms with E-state index in [4.69, 9.17) is 10.5 Å². The number of nitrogen functional groups attached to an aromatic ring is 1. The SMILES string of the molecule is CC(C)Nc1nc(N)nc(N2CCOCC2)n1. The normalized spacial score (nSPS) is 16.3. The first-order valence-corrected chi connectivity index (χ1v) is 5.76. The number of aromatic nitrogens is 3. The second kappa shape index (κ2) is 5.13. The van der Waals surface area contributed by atoms with Gasteiger partial charge in [-0.2, -0.15) is 15.0 Å². The Morgan fingerprint density at radius 3 is 2.59 bits per heavy atom. The van der Waals surface area contributed by atoms with Crippen LogP contribution in [0.2, 0.25) is 0 Å². The zero-order valence-corrected chi connectivity index (χ0v) is 10.2. The molecule has 2 rings (SSSR count). The van der Waals surface area contributed by atoms with E-state index in [9.17, 15) is 0 Å². The van der Waals surface area contributed by atoms with E-state index < -0.39 is 0 Å². The molecule has 0 amide bonds. The summed E-state index contributed by atoms with van der Waals surface area (Å²) in [4.78, 5) is 14.6. The molecule has 3 N–H and O–H groups in total. The predicted octanol–water partition coefficient (Wildman–Crippen LogP) is 0.111. The first-order chi connectivity index (χ1) is 8.15. The summed E-state index contributed by atoms with van der Waals surface area (Å²) >= 11 is 0. The van der Waals surface area contributed by atoms with Crippen LogP contribution >= 0.6 is 0 Å². The summed E-state index contributed by atoms with van der Waals surface area (Å²) in [6, 6.07) is 0.259. The lowest BCUT2D eigenvalue weighted by atomic mass is 10.4. The lowest BCUT2D eigenvalue weighted by Crippen LogP contribution is -2.37. The molecule has 0 aromatic carbocycles. The Balaban J connectivity index is 2.18. The lowest BCUT2D eigenvalue weighted by molar-refractivity contribution is 0.122. The molecule has 0 radical (unpaired) electrons. The van der Waals surface area contributed by atoms with Crippen LogP contribution in [0.15, 0.2) is 0 Å². The molecule has 0 aliphatic carbocycles. The second-order valence-electron chi connectivity index (χ2n) is 4.22. The molecular formula is C10H18N6O. The molecule has 1 saturated heterocycles. The molecule has 0 unspecified atom stereocenters. The molecule has 1 aromatic heterocycles. The minimum atomic E-state index is 0.240. The van der Waals surface area contributed by atoms with Gasteiger partial charge in [0.05, 0.1) is 13.2 Å². The number of hydrogen-bond acceptors (Lipinski definition) is 7. The van der Waals surface area contributed by atoms with Crippen LogP contribution in [0.1, 0.15) is 13.8 Å². The van der Waals surface area contributed by atoms with Crippen molar-refractivity contribution in [2.24, 2.45) is 0 Å². The molecule has 1 aliphatic rings. The van der Waals surface area contributed by atoms with E-state index in [2.05, 4.69) is 20.3 Å². The van der Waals surface area contributed by atoms with Crippen LogP contribution in [0.4, 0.5) is 17.8 Å². The number of hydrogen-bond donors (Lipinski definition) is 2. The average molecular weight is 238 g/mol. The molecule has 0 atom stereocenters.